The van der Waals surface area contributed by atoms with E-state index < -0.39 is 0 Å². The zero-order valence-corrected chi connectivity index (χ0v) is 22.7. The molecular formula is C31H35ClN2O2. The number of fused-ring (bicyclic) bond motifs is 4. The lowest BCUT2D eigenvalue weighted by Gasteiger charge is -2.25. The molecule has 3 aromatic carbocycles. The maximum atomic E-state index is 13.9. The summed E-state index contributed by atoms with van der Waals surface area (Å²) >= 11 is 6.48. The highest BCUT2D eigenvalue weighted by molar-refractivity contribution is 6.19. The van der Waals surface area contributed by atoms with Crippen LogP contribution in [0, 0.1) is 0 Å². The van der Waals surface area contributed by atoms with E-state index in [0.29, 0.717) is 25.5 Å². The maximum absolute atomic E-state index is 13.9. The lowest BCUT2D eigenvalue weighted by Crippen LogP contribution is -2.31. The molecule has 0 spiro atoms. The van der Waals surface area contributed by atoms with E-state index in [4.69, 9.17) is 16.3 Å². The lowest BCUT2D eigenvalue weighted by molar-refractivity contribution is -0.115. The van der Waals surface area contributed by atoms with Gasteiger partial charge in [0.25, 0.3) is 5.91 Å². The number of amides is 1. The highest BCUT2D eigenvalue weighted by Crippen LogP contribution is 2.46. The van der Waals surface area contributed by atoms with Gasteiger partial charge in [0.15, 0.2) is 0 Å². The van der Waals surface area contributed by atoms with E-state index in [0.717, 1.165) is 29.1 Å². The van der Waals surface area contributed by atoms with E-state index in [1.807, 2.05) is 31.1 Å². The molecule has 2 aliphatic rings. The van der Waals surface area contributed by atoms with Gasteiger partial charge in [0.05, 0.1) is 0 Å². The fourth-order valence-corrected chi connectivity index (χ4v) is 5.69. The van der Waals surface area contributed by atoms with Gasteiger partial charge < -0.3 is 14.5 Å². The summed E-state index contributed by atoms with van der Waals surface area (Å²) in [6, 6.07) is 16.9. The molecule has 0 saturated heterocycles. The molecule has 0 fully saturated rings. The molecule has 1 heterocycles. The van der Waals surface area contributed by atoms with Gasteiger partial charge in [0.2, 0.25) is 0 Å². The monoisotopic (exact) mass is 502 g/mol. The predicted molar refractivity (Wildman–Crippen MR) is 151 cm³/mol. The Morgan fingerprint density at radius 3 is 2.56 bits per heavy atom. The third kappa shape index (κ3) is 4.53. The molecule has 1 aliphatic heterocycles. The van der Waals surface area contributed by atoms with Crippen LogP contribution in [-0.2, 0) is 16.6 Å². The summed E-state index contributed by atoms with van der Waals surface area (Å²) in [6.07, 6.45) is 2.68. The molecule has 0 saturated carbocycles. The summed E-state index contributed by atoms with van der Waals surface area (Å²) in [7, 11) is 4.07. The molecule has 4 nitrogen and oxygen atoms in total. The van der Waals surface area contributed by atoms with Crippen LogP contribution in [0.2, 0.25) is 0 Å². The first-order valence-corrected chi connectivity index (χ1v) is 13.3. The Balaban J connectivity index is 1.49. The van der Waals surface area contributed by atoms with Crippen molar-refractivity contribution in [1.82, 2.24) is 4.90 Å². The Morgan fingerprint density at radius 1 is 1.11 bits per heavy atom. The average molecular weight is 503 g/mol. The zero-order chi connectivity index (χ0) is 25.6. The molecule has 0 radical (unpaired) electrons. The maximum Gasteiger partial charge on any atom is 0.254 e. The normalized spacial score (nSPS) is 16.9. The molecule has 188 valence electrons. The fraction of sp³-hybridized carbons (Fsp3) is 0.387. The average Bonchev–Trinajstić information content (AvgIpc) is 3.43. The number of hydrogen-bond acceptors (Lipinski definition) is 3. The van der Waals surface area contributed by atoms with E-state index in [1.54, 1.807) is 0 Å². The van der Waals surface area contributed by atoms with E-state index in [9.17, 15) is 4.79 Å². The fourth-order valence-electron chi connectivity index (χ4n) is 5.44. The Hall–Kier alpha value is -2.82. The SMILES string of the molecule is CN(C)CCOc1ccc2c(c1)C=C(C(=O)N1C[C@@H](CCl)c3c1cc(C(C)(C)C)c1ccccc31)C2. The minimum absolute atomic E-state index is 0.0474. The number of carbonyl (C=O) groups excluding carboxylic acids is 1. The smallest absolute Gasteiger partial charge is 0.254 e. The minimum atomic E-state index is -0.0474. The van der Waals surface area contributed by atoms with Crippen LogP contribution in [0.3, 0.4) is 0 Å². The Morgan fingerprint density at radius 2 is 1.86 bits per heavy atom. The van der Waals surface area contributed by atoms with Crippen molar-refractivity contribution >= 4 is 40.0 Å². The molecule has 1 aliphatic carbocycles. The van der Waals surface area contributed by atoms with Crippen molar-refractivity contribution in [2.75, 3.05) is 44.6 Å². The lowest BCUT2D eigenvalue weighted by atomic mass is 9.81. The largest absolute Gasteiger partial charge is 0.492 e. The summed E-state index contributed by atoms with van der Waals surface area (Å²) in [6.45, 7) is 8.80. The molecule has 0 N–H and O–H groups in total. The van der Waals surface area contributed by atoms with Gasteiger partial charge in [0.1, 0.15) is 12.4 Å². The van der Waals surface area contributed by atoms with E-state index in [1.165, 1.54) is 27.5 Å². The van der Waals surface area contributed by atoms with Crippen LogP contribution in [0.4, 0.5) is 5.69 Å². The predicted octanol–water partition coefficient (Wildman–Crippen LogP) is 6.39. The number of hydrogen-bond donors (Lipinski definition) is 0. The van der Waals surface area contributed by atoms with Crippen molar-refractivity contribution in [2.45, 2.75) is 38.5 Å². The van der Waals surface area contributed by atoms with Gasteiger partial charge in [-0.3, -0.25) is 4.79 Å². The standard InChI is InChI=1S/C31H35ClN2O2/c1-31(2,3)27-17-28-29(26-9-7-6-8-25(26)27)23(18-32)19-34(28)30(35)22-14-20-10-11-24(16-21(20)15-22)36-13-12-33(4)5/h6-11,15-17,23H,12-14,18-19H2,1-5H3/t23-/m1/s1. The van der Waals surface area contributed by atoms with E-state index >= 15 is 0 Å². The molecule has 0 unspecified atom stereocenters. The Labute approximate surface area is 219 Å². The molecule has 5 heteroatoms. The number of carbonyl (C=O) groups is 1. The Kier molecular flexibility index (Phi) is 6.61. The van der Waals surface area contributed by atoms with Crippen LogP contribution >= 0.6 is 11.6 Å². The number of nitrogens with zero attached hydrogens (tertiary/aromatic N) is 2. The van der Waals surface area contributed by atoms with Gasteiger partial charge in [0, 0.05) is 42.6 Å². The first kappa shape index (κ1) is 24.9. The van der Waals surface area contributed by atoms with Gasteiger partial charge >= 0.3 is 0 Å². The van der Waals surface area contributed by atoms with Crippen molar-refractivity contribution in [1.29, 1.82) is 0 Å². The molecule has 1 atom stereocenters. The number of halogens is 1. The number of anilines is 1. The van der Waals surface area contributed by atoms with Gasteiger partial charge in [-0.25, -0.2) is 0 Å². The molecule has 5 rings (SSSR count). The van der Waals surface area contributed by atoms with Gasteiger partial charge in [-0.05, 0) is 76.8 Å². The molecule has 3 aromatic rings. The van der Waals surface area contributed by atoms with E-state index in [2.05, 4.69) is 68.1 Å². The second-order valence-corrected chi connectivity index (χ2v) is 11.6. The molecule has 1 amide bonds. The highest BCUT2D eigenvalue weighted by Gasteiger charge is 2.37. The number of benzene rings is 3. The third-order valence-corrected chi connectivity index (χ3v) is 7.69. The van der Waals surface area contributed by atoms with Crippen LogP contribution in [-0.4, -0.2) is 50.5 Å². The van der Waals surface area contributed by atoms with Crippen LogP contribution in [0.1, 0.15) is 48.9 Å². The van der Waals surface area contributed by atoms with Crippen molar-refractivity contribution in [3.8, 4) is 5.75 Å². The summed E-state index contributed by atoms with van der Waals surface area (Å²) in [4.78, 5) is 18.0. The second kappa shape index (κ2) is 9.57. The van der Waals surface area contributed by atoms with Crippen LogP contribution in [0.25, 0.3) is 16.8 Å². The summed E-state index contributed by atoms with van der Waals surface area (Å²) in [5, 5.41) is 2.46. The first-order valence-electron chi connectivity index (χ1n) is 12.7. The molecular weight excluding hydrogens is 468 g/mol. The van der Waals surface area contributed by atoms with Gasteiger partial charge in [-0.1, -0.05) is 51.1 Å². The first-order chi connectivity index (χ1) is 17.2. The van der Waals surface area contributed by atoms with Crippen molar-refractivity contribution < 1.29 is 9.53 Å². The number of ether oxygens (including phenoxy) is 1. The summed E-state index contributed by atoms with van der Waals surface area (Å²) in [5.41, 5.74) is 6.49. The van der Waals surface area contributed by atoms with E-state index in [-0.39, 0.29) is 17.2 Å². The van der Waals surface area contributed by atoms with Gasteiger partial charge in [-0.15, -0.1) is 11.6 Å². The number of likely N-dealkylation sites (N-methyl/N-ethyl adjacent to an activating group) is 1. The minimum Gasteiger partial charge on any atom is -0.492 e. The van der Waals surface area contributed by atoms with Crippen LogP contribution in [0.5, 0.6) is 5.75 Å². The summed E-state index contributed by atoms with van der Waals surface area (Å²) in [5.74, 6) is 1.52. The Bertz CT molecular complexity index is 1350. The molecule has 36 heavy (non-hydrogen) atoms. The molecule has 0 aromatic heterocycles. The van der Waals surface area contributed by atoms with Crippen LogP contribution < -0.4 is 9.64 Å². The van der Waals surface area contributed by atoms with Crippen molar-refractivity contribution in [3.05, 3.63) is 76.4 Å². The number of alkyl halides is 1. The quantitative estimate of drug-likeness (QED) is 0.366. The molecule has 0 bridgehead atoms. The third-order valence-electron chi connectivity index (χ3n) is 7.32. The van der Waals surface area contributed by atoms with Crippen molar-refractivity contribution in [2.24, 2.45) is 0 Å². The topological polar surface area (TPSA) is 32.8 Å². The summed E-state index contributed by atoms with van der Waals surface area (Å²) < 4.78 is 5.92. The highest BCUT2D eigenvalue weighted by atomic mass is 35.5. The van der Waals surface area contributed by atoms with Crippen LogP contribution in [0.15, 0.2) is 54.1 Å². The number of rotatable bonds is 6. The van der Waals surface area contributed by atoms with Crippen molar-refractivity contribution in [3.63, 3.8) is 0 Å². The van der Waals surface area contributed by atoms with Gasteiger partial charge in [-0.2, -0.15) is 0 Å². The second-order valence-electron chi connectivity index (χ2n) is 11.3. The zero-order valence-electron chi connectivity index (χ0n) is 21.9.